The average Bonchev–Trinajstić information content (AvgIpc) is 3.16. The van der Waals surface area contributed by atoms with Crippen molar-refractivity contribution < 1.29 is 14.4 Å². The molecule has 154 valence electrons. The number of hydrogen-bond acceptors (Lipinski definition) is 5. The number of thiazole rings is 1. The van der Waals surface area contributed by atoms with Crippen LogP contribution in [-0.2, 0) is 14.4 Å². The van der Waals surface area contributed by atoms with E-state index in [2.05, 4.69) is 15.6 Å². The Morgan fingerprint density at radius 1 is 1.17 bits per heavy atom. The molecule has 0 spiro atoms. The van der Waals surface area contributed by atoms with E-state index in [0.29, 0.717) is 24.5 Å². The molecule has 1 atom stereocenters. The zero-order chi connectivity index (χ0) is 20.8. The van der Waals surface area contributed by atoms with Gasteiger partial charge in [-0.05, 0) is 37.8 Å². The zero-order valence-corrected chi connectivity index (χ0v) is 17.6. The molecule has 3 amide bonds. The maximum Gasteiger partial charge on any atom is 0.248 e. The van der Waals surface area contributed by atoms with Crippen LogP contribution in [0.3, 0.4) is 0 Å². The highest BCUT2D eigenvalue weighted by molar-refractivity contribution is 7.14. The minimum absolute atomic E-state index is 0.0476. The van der Waals surface area contributed by atoms with Gasteiger partial charge in [0, 0.05) is 36.5 Å². The van der Waals surface area contributed by atoms with Crippen molar-refractivity contribution in [1.29, 1.82) is 0 Å². The Morgan fingerprint density at radius 3 is 2.62 bits per heavy atom. The summed E-state index contributed by atoms with van der Waals surface area (Å²) in [4.78, 5) is 42.5. The normalized spacial score (nSPS) is 16.3. The van der Waals surface area contributed by atoms with Crippen molar-refractivity contribution in [2.75, 3.05) is 17.2 Å². The van der Waals surface area contributed by atoms with Crippen LogP contribution in [-0.4, -0.2) is 40.2 Å². The van der Waals surface area contributed by atoms with Crippen LogP contribution in [0.1, 0.15) is 46.0 Å². The molecule has 2 aromatic rings. The summed E-state index contributed by atoms with van der Waals surface area (Å²) < 4.78 is 0. The summed E-state index contributed by atoms with van der Waals surface area (Å²) in [5.41, 5.74) is 2.37. The minimum Gasteiger partial charge on any atom is -0.331 e. The number of piperidine rings is 1. The van der Waals surface area contributed by atoms with Crippen LogP contribution in [0, 0.1) is 0 Å². The maximum atomic E-state index is 12.8. The van der Waals surface area contributed by atoms with Crippen molar-refractivity contribution >= 4 is 39.9 Å². The number of amides is 3. The topological polar surface area (TPSA) is 91.4 Å². The molecular weight excluding hydrogens is 388 g/mol. The van der Waals surface area contributed by atoms with E-state index in [1.807, 2.05) is 36.6 Å². The summed E-state index contributed by atoms with van der Waals surface area (Å²) in [6, 6.07) is 6.95. The standard InChI is InChI=1S/C21H26N4O3S/c1-3-6-19(27)25-12-5-4-7-18(25)20(28)24-21-23-17(13-29-21)15-8-10-16(11-9-15)22-14(2)26/h8-11,13,18H,3-7,12H2,1-2H3,(H,22,26)(H,23,24,28). The van der Waals surface area contributed by atoms with E-state index in [1.54, 1.807) is 4.90 Å². The Kier molecular flexibility index (Phi) is 6.98. The summed E-state index contributed by atoms with van der Waals surface area (Å²) in [7, 11) is 0. The molecule has 7 nitrogen and oxygen atoms in total. The van der Waals surface area contributed by atoms with E-state index in [9.17, 15) is 14.4 Å². The molecule has 29 heavy (non-hydrogen) atoms. The number of nitrogens with zero attached hydrogens (tertiary/aromatic N) is 2. The number of hydrogen-bond donors (Lipinski definition) is 2. The number of benzene rings is 1. The third-order valence-corrected chi connectivity index (χ3v) is 5.58. The molecule has 2 heterocycles. The lowest BCUT2D eigenvalue weighted by atomic mass is 10.0. The fraction of sp³-hybridized carbons (Fsp3) is 0.429. The predicted octanol–water partition coefficient (Wildman–Crippen LogP) is 3.89. The van der Waals surface area contributed by atoms with Crippen molar-refractivity contribution in [3.63, 3.8) is 0 Å². The van der Waals surface area contributed by atoms with Crippen LogP contribution < -0.4 is 10.6 Å². The molecule has 0 radical (unpaired) electrons. The van der Waals surface area contributed by atoms with Crippen molar-refractivity contribution in [3.8, 4) is 11.3 Å². The van der Waals surface area contributed by atoms with Gasteiger partial charge in [0.1, 0.15) is 6.04 Å². The lowest BCUT2D eigenvalue weighted by Crippen LogP contribution is -2.49. The van der Waals surface area contributed by atoms with Gasteiger partial charge < -0.3 is 15.5 Å². The fourth-order valence-corrected chi connectivity index (χ4v) is 4.16. The first-order chi connectivity index (χ1) is 14.0. The quantitative estimate of drug-likeness (QED) is 0.750. The van der Waals surface area contributed by atoms with Gasteiger partial charge in [-0.25, -0.2) is 4.98 Å². The second-order valence-corrected chi connectivity index (χ2v) is 7.99. The first kappa shape index (κ1) is 21.0. The van der Waals surface area contributed by atoms with Gasteiger partial charge in [0.2, 0.25) is 17.7 Å². The second-order valence-electron chi connectivity index (χ2n) is 7.13. The smallest absolute Gasteiger partial charge is 0.248 e. The van der Waals surface area contributed by atoms with Gasteiger partial charge in [-0.1, -0.05) is 19.1 Å². The zero-order valence-electron chi connectivity index (χ0n) is 16.7. The van der Waals surface area contributed by atoms with E-state index in [1.165, 1.54) is 18.3 Å². The Bertz CT molecular complexity index is 878. The second kappa shape index (κ2) is 9.65. The highest BCUT2D eigenvalue weighted by Crippen LogP contribution is 2.27. The van der Waals surface area contributed by atoms with Crippen molar-refractivity contribution in [2.24, 2.45) is 0 Å². The average molecular weight is 415 g/mol. The molecule has 8 heteroatoms. The lowest BCUT2D eigenvalue weighted by Gasteiger charge is -2.34. The Balaban J connectivity index is 1.66. The molecule has 0 saturated carbocycles. The molecule has 0 bridgehead atoms. The SMILES string of the molecule is CCCC(=O)N1CCCCC1C(=O)Nc1nc(-c2ccc(NC(C)=O)cc2)cs1. The molecule has 1 aromatic carbocycles. The third-order valence-electron chi connectivity index (χ3n) is 4.83. The van der Waals surface area contributed by atoms with E-state index in [0.717, 1.165) is 36.2 Å². The monoisotopic (exact) mass is 414 g/mol. The summed E-state index contributed by atoms with van der Waals surface area (Å²) in [5.74, 6) is -0.243. The van der Waals surface area contributed by atoms with Gasteiger partial charge >= 0.3 is 0 Å². The molecule has 2 N–H and O–H groups in total. The molecule has 1 aliphatic heterocycles. The molecule has 1 fully saturated rings. The van der Waals surface area contributed by atoms with Gasteiger partial charge in [-0.2, -0.15) is 0 Å². The molecule has 1 unspecified atom stereocenters. The number of carbonyl (C=O) groups is 3. The Morgan fingerprint density at radius 2 is 1.93 bits per heavy atom. The Hall–Kier alpha value is -2.74. The summed E-state index contributed by atoms with van der Waals surface area (Å²) >= 11 is 1.36. The highest BCUT2D eigenvalue weighted by Gasteiger charge is 2.32. The van der Waals surface area contributed by atoms with Crippen molar-refractivity contribution in [1.82, 2.24) is 9.88 Å². The molecule has 3 rings (SSSR count). The number of aromatic nitrogens is 1. The number of anilines is 2. The van der Waals surface area contributed by atoms with Crippen LogP contribution in [0.15, 0.2) is 29.6 Å². The van der Waals surface area contributed by atoms with E-state index >= 15 is 0 Å². The Labute approximate surface area is 174 Å². The molecule has 1 aromatic heterocycles. The fourth-order valence-electron chi connectivity index (χ4n) is 3.44. The molecule has 1 saturated heterocycles. The lowest BCUT2D eigenvalue weighted by molar-refractivity contribution is -0.140. The summed E-state index contributed by atoms with van der Waals surface area (Å²) in [5, 5.41) is 8.01. The molecule has 0 aliphatic carbocycles. The number of nitrogens with one attached hydrogen (secondary N) is 2. The first-order valence-corrected chi connectivity index (χ1v) is 10.8. The van der Waals surface area contributed by atoms with E-state index < -0.39 is 6.04 Å². The number of rotatable bonds is 6. The summed E-state index contributed by atoms with van der Waals surface area (Å²) in [6.45, 7) is 4.07. The highest BCUT2D eigenvalue weighted by atomic mass is 32.1. The molecule has 1 aliphatic rings. The number of likely N-dealkylation sites (tertiary alicyclic amines) is 1. The van der Waals surface area contributed by atoms with Crippen LogP contribution in [0.2, 0.25) is 0 Å². The van der Waals surface area contributed by atoms with Crippen molar-refractivity contribution in [3.05, 3.63) is 29.6 Å². The number of carbonyl (C=O) groups excluding carboxylic acids is 3. The summed E-state index contributed by atoms with van der Waals surface area (Å²) in [6.07, 6.45) is 3.82. The van der Waals surface area contributed by atoms with E-state index in [4.69, 9.17) is 0 Å². The van der Waals surface area contributed by atoms with Gasteiger partial charge in [0.05, 0.1) is 5.69 Å². The van der Waals surface area contributed by atoms with Gasteiger partial charge in [-0.3, -0.25) is 14.4 Å². The van der Waals surface area contributed by atoms with Gasteiger partial charge in [-0.15, -0.1) is 11.3 Å². The predicted molar refractivity (Wildman–Crippen MR) is 115 cm³/mol. The van der Waals surface area contributed by atoms with Crippen LogP contribution in [0.4, 0.5) is 10.8 Å². The van der Waals surface area contributed by atoms with E-state index in [-0.39, 0.29) is 17.7 Å². The first-order valence-electron chi connectivity index (χ1n) is 9.92. The van der Waals surface area contributed by atoms with Crippen LogP contribution in [0.25, 0.3) is 11.3 Å². The minimum atomic E-state index is -0.424. The molecular formula is C21H26N4O3S. The third kappa shape index (κ3) is 5.41. The maximum absolute atomic E-state index is 12.8. The van der Waals surface area contributed by atoms with Crippen LogP contribution in [0.5, 0.6) is 0 Å². The van der Waals surface area contributed by atoms with Crippen molar-refractivity contribution in [2.45, 2.75) is 52.0 Å². The largest absolute Gasteiger partial charge is 0.331 e. The van der Waals surface area contributed by atoms with Gasteiger partial charge in [0.15, 0.2) is 5.13 Å². The van der Waals surface area contributed by atoms with Gasteiger partial charge in [0.25, 0.3) is 0 Å². The van der Waals surface area contributed by atoms with Crippen LogP contribution >= 0.6 is 11.3 Å².